The summed E-state index contributed by atoms with van der Waals surface area (Å²) in [5.74, 6) is -2.43. The number of ether oxygens (including phenoxy) is 1. The fourth-order valence-electron chi connectivity index (χ4n) is 5.24. The maximum absolute atomic E-state index is 15.8. The van der Waals surface area contributed by atoms with Crippen molar-refractivity contribution in [2.45, 2.75) is 43.7 Å². The van der Waals surface area contributed by atoms with Gasteiger partial charge in [-0.15, -0.1) is 11.8 Å². The molecule has 1 aromatic heterocycles. The molecule has 0 radical (unpaired) electrons. The summed E-state index contributed by atoms with van der Waals surface area (Å²) in [6.07, 6.45) is 1.35. The van der Waals surface area contributed by atoms with E-state index in [4.69, 9.17) is 4.74 Å². The van der Waals surface area contributed by atoms with Gasteiger partial charge in [0.1, 0.15) is 29.4 Å². The first-order chi connectivity index (χ1) is 18.7. The van der Waals surface area contributed by atoms with E-state index >= 15 is 4.39 Å². The fourth-order valence-corrected chi connectivity index (χ4v) is 6.19. The number of hydroxylamine groups is 1. The molecule has 0 saturated carbocycles. The number of fused-ring (bicyclic) bond motifs is 1. The van der Waals surface area contributed by atoms with Crippen LogP contribution in [0, 0.1) is 29.8 Å². The summed E-state index contributed by atoms with van der Waals surface area (Å²) in [4.78, 5) is 19.0. The Morgan fingerprint density at radius 2 is 1.90 bits per heavy atom. The van der Waals surface area contributed by atoms with Crippen LogP contribution in [0.15, 0.2) is 41.4 Å². The van der Waals surface area contributed by atoms with Gasteiger partial charge in [-0.2, -0.15) is 0 Å². The highest BCUT2D eigenvalue weighted by molar-refractivity contribution is 7.99. The number of likely N-dealkylation sites (tertiary alicyclic amines) is 1. The zero-order valence-corrected chi connectivity index (χ0v) is 22.6. The number of aromatic nitrogens is 1. The second-order valence-electron chi connectivity index (χ2n) is 9.85. The average molecular weight is 566 g/mol. The third kappa shape index (κ3) is 6.47. The molecular weight excluding hydrogens is 534 g/mol. The number of benzene rings is 2. The normalized spacial score (nSPS) is 16.3. The number of aryl methyl sites for hydroxylation is 1. The predicted octanol–water partition coefficient (Wildman–Crippen LogP) is 6.14. The first-order valence-electron chi connectivity index (χ1n) is 12.7. The number of nitrogens with zero attached hydrogens (tertiary/aromatic N) is 2. The van der Waals surface area contributed by atoms with E-state index in [0.29, 0.717) is 78.1 Å². The molecule has 2 aromatic carbocycles. The molecule has 1 aliphatic heterocycles. The lowest BCUT2D eigenvalue weighted by Gasteiger charge is -2.40. The van der Waals surface area contributed by atoms with Gasteiger partial charge in [-0.25, -0.2) is 23.0 Å². The molecular formula is C28H31F4N3O3S. The lowest BCUT2D eigenvalue weighted by atomic mass is 9.73. The Hall–Kier alpha value is -2.89. The smallest absolute Gasteiger partial charge is 0.249 e. The van der Waals surface area contributed by atoms with E-state index in [9.17, 15) is 23.2 Å². The Kier molecular flexibility index (Phi) is 9.35. The second-order valence-corrected chi connectivity index (χ2v) is 11.0. The molecule has 1 unspecified atom stereocenters. The summed E-state index contributed by atoms with van der Waals surface area (Å²) in [5, 5.41) is 10.1. The number of alkyl halides is 1. The van der Waals surface area contributed by atoms with E-state index in [1.807, 2.05) is 0 Å². The highest BCUT2D eigenvalue weighted by Crippen LogP contribution is 2.41. The Labute approximate surface area is 228 Å². The van der Waals surface area contributed by atoms with Crippen LogP contribution in [0.2, 0.25) is 0 Å². The van der Waals surface area contributed by atoms with Crippen LogP contribution in [-0.2, 0) is 4.79 Å². The van der Waals surface area contributed by atoms with Gasteiger partial charge in [0.05, 0.1) is 22.9 Å². The standard InChI is InChI=1S/C28H31F4N3O3S/c1-17-16-33-24-4-3-19(38-2)15-20(24)25(17)21(30)5-6-28(27(36)34-37)7-9-35(10-8-28)11-12-39-26-22(31)13-18(29)14-23(26)32/h3-4,13-16,21,37H,5-12H2,1-2H3,(H,34,36). The van der Waals surface area contributed by atoms with Crippen molar-refractivity contribution < 1.29 is 32.3 Å². The lowest BCUT2D eigenvalue weighted by Crippen LogP contribution is -2.48. The number of nitrogens with one attached hydrogen (secondary N) is 1. The molecule has 2 heterocycles. The average Bonchev–Trinajstić information content (AvgIpc) is 2.93. The molecule has 0 spiro atoms. The molecule has 0 bridgehead atoms. The van der Waals surface area contributed by atoms with Crippen LogP contribution in [0.5, 0.6) is 5.75 Å². The molecule has 1 aliphatic rings. The highest BCUT2D eigenvalue weighted by Gasteiger charge is 2.41. The number of amides is 1. The number of pyridine rings is 1. The number of methoxy groups -OCH3 is 1. The quantitative estimate of drug-likeness (QED) is 0.133. The van der Waals surface area contributed by atoms with Gasteiger partial charge in [0.15, 0.2) is 0 Å². The summed E-state index contributed by atoms with van der Waals surface area (Å²) < 4.78 is 62.0. The van der Waals surface area contributed by atoms with Crippen LogP contribution in [0.25, 0.3) is 10.9 Å². The maximum atomic E-state index is 15.8. The number of halogens is 4. The third-order valence-electron chi connectivity index (χ3n) is 7.52. The van der Waals surface area contributed by atoms with Crippen LogP contribution < -0.4 is 10.2 Å². The molecule has 1 saturated heterocycles. The van der Waals surface area contributed by atoms with E-state index in [1.165, 1.54) is 0 Å². The molecule has 4 rings (SSSR count). The SMILES string of the molecule is COc1ccc2ncc(C)c(C(F)CCC3(C(=O)NO)CCN(CCSc4c(F)cc(F)cc4F)CC3)c2c1. The van der Waals surface area contributed by atoms with Crippen LogP contribution in [-0.4, -0.2) is 53.5 Å². The third-order valence-corrected chi connectivity index (χ3v) is 8.58. The number of hydrogen-bond donors (Lipinski definition) is 2. The van der Waals surface area contributed by atoms with Gasteiger partial charge in [0, 0.05) is 36.0 Å². The minimum atomic E-state index is -1.36. The molecule has 1 amide bonds. The van der Waals surface area contributed by atoms with Crippen LogP contribution in [0.1, 0.15) is 43.0 Å². The fraction of sp³-hybridized carbons (Fsp3) is 0.429. The van der Waals surface area contributed by atoms with Crippen molar-refractivity contribution >= 4 is 28.6 Å². The van der Waals surface area contributed by atoms with Gasteiger partial charge >= 0.3 is 0 Å². The number of thioether (sulfide) groups is 1. The van der Waals surface area contributed by atoms with Crippen LogP contribution in [0.3, 0.4) is 0 Å². The van der Waals surface area contributed by atoms with Crippen molar-refractivity contribution in [3.63, 3.8) is 0 Å². The van der Waals surface area contributed by atoms with E-state index in [1.54, 1.807) is 43.9 Å². The number of carbonyl (C=O) groups is 1. The van der Waals surface area contributed by atoms with Gasteiger partial charge in [-0.1, -0.05) is 0 Å². The number of carbonyl (C=O) groups excluding carboxylic acids is 1. The molecule has 11 heteroatoms. The largest absolute Gasteiger partial charge is 0.497 e. The molecule has 210 valence electrons. The van der Waals surface area contributed by atoms with E-state index in [2.05, 4.69) is 9.88 Å². The predicted molar refractivity (Wildman–Crippen MR) is 141 cm³/mol. The van der Waals surface area contributed by atoms with E-state index in [-0.39, 0.29) is 17.7 Å². The Balaban J connectivity index is 1.40. The monoisotopic (exact) mass is 565 g/mol. The van der Waals surface area contributed by atoms with E-state index < -0.39 is 34.9 Å². The van der Waals surface area contributed by atoms with Gasteiger partial charge < -0.3 is 9.64 Å². The first kappa shape index (κ1) is 29.1. The summed E-state index contributed by atoms with van der Waals surface area (Å²) in [5.41, 5.74) is 2.67. The number of hydrogen-bond acceptors (Lipinski definition) is 6. The minimum absolute atomic E-state index is 0.0730. The van der Waals surface area contributed by atoms with Gasteiger partial charge in [0.25, 0.3) is 0 Å². The van der Waals surface area contributed by atoms with Crippen molar-refractivity contribution in [1.29, 1.82) is 0 Å². The number of rotatable bonds is 10. The summed E-state index contributed by atoms with van der Waals surface area (Å²) in [7, 11) is 1.54. The summed E-state index contributed by atoms with van der Waals surface area (Å²) in [6, 6.07) is 6.60. The van der Waals surface area contributed by atoms with Gasteiger partial charge in [-0.05, 0) is 75.0 Å². The van der Waals surface area contributed by atoms with E-state index in [0.717, 1.165) is 11.8 Å². The highest BCUT2D eigenvalue weighted by atomic mass is 32.2. The molecule has 39 heavy (non-hydrogen) atoms. The number of piperidine rings is 1. The maximum Gasteiger partial charge on any atom is 0.249 e. The van der Waals surface area contributed by atoms with Gasteiger partial charge in [-0.3, -0.25) is 15.0 Å². The molecule has 2 N–H and O–H groups in total. The molecule has 6 nitrogen and oxygen atoms in total. The van der Waals surface area contributed by atoms with Crippen molar-refractivity contribution in [2.75, 3.05) is 32.5 Å². The topological polar surface area (TPSA) is 74.7 Å². The minimum Gasteiger partial charge on any atom is -0.497 e. The van der Waals surface area contributed by atoms with Crippen LogP contribution in [0.4, 0.5) is 17.6 Å². The molecule has 1 atom stereocenters. The lowest BCUT2D eigenvalue weighted by molar-refractivity contribution is -0.143. The Bertz CT molecular complexity index is 1310. The summed E-state index contributed by atoms with van der Waals surface area (Å²) in [6.45, 7) is 3.28. The van der Waals surface area contributed by atoms with Crippen LogP contribution >= 0.6 is 11.8 Å². The van der Waals surface area contributed by atoms with Gasteiger partial charge in [0.2, 0.25) is 5.91 Å². The molecule has 3 aromatic rings. The molecule has 1 fully saturated rings. The Morgan fingerprint density at radius 3 is 2.54 bits per heavy atom. The van der Waals surface area contributed by atoms with Crippen molar-refractivity contribution in [2.24, 2.45) is 5.41 Å². The van der Waals surface area contributed by atoms with Crippen molar-refractivity contribution in [3.8, 4) is 5.75 Å². The second kappa shape index (κ2) is 12.5. The first-order valence-corrected chi connectivity index (χ1v) is 13.7. The summed E-state index contributed by atoms with van der Waals surface area (Å²) >= 11 is 0.962. The zero-order valence-electron chi connectivity index (χ0n) is 21.8. The zero-order chi connectivity index (χ0) is 28.2. The van der Waals surface area contributed by atoms with Crippen molar-refractivity contribution in [1.82, 2.24) is 15.4 Å². The van der Waals surface area contributed by atoms with Crippen molar-refractivity contribution in [3.05, 3.63) is 65.1 Å². The molecule has 0 aliphatic carbocycles. The Morgan fingerprint density at radius 1 is 1.21 bits per heavy atom.